The van der Waals surface area contributed by atoms with E-state index in [1.54, 1.807) is 12.3 Å². The van der Waals surface area contributed by atoms with E-state index in [1.165, 1.54) is 11.1 Å². The summed E-state index contributed by atoms with van der Waals surface area (Å²) >= 11 is 0. The molecule has 0 bridgehead atoms. The molecule has 2 heterocycles. The number of para-hydroxylation sites is 1. The Balaban J connectivity index is 1.48. The lowest BCUT2D eigenvalue weighted by Gasteiger charge is -2.36. The zero-order valence-corrected chi connectivity index (χ0v) is 18.7. The molecule has 0 unspecified atom stereocenters. The molecule has 3 aromatic rings. The Morgan fingerprint density at radius 1 is 1.09 bits per heavy atom. The first-order chi connectivity index (χ1) is 15.6. The molecule has 32 heavy (non-hydrogen) atoms. The van der Waals surface area contributed by atoms with Crippen LogP contribution >= 0.6 is 0 Å². The molecule has 4 rings (SSSR count). The number of piperidine rings is 1. The topological polar surface area (TPSA) is 43.2 Å². The van der Waals surface area contributed by atoms with Crippen molar-refractivity contribution in [3.05, 3.63) is 102 Å². The average molecular weight is 423 g/mol. The summed E-state index contributed by atoms with van der Waals surface area (Å²) in [6.45, 7) is 10.7. The van der Waals surface area contributed by atoms with Gasteiger partial charge in [0.15, 0.2) is 0 Å². The molecule has 162 valence electrons. The molecule has 0 spiro atoms. The van der Waals surface area contributed by atoms with Crippen LogP contribution in [0.15, 0.2) is 79.5 Å². The molecular weight excluding hydrogens is 392 g/mol. The number of pyridine rings is 1. The van der Waals surface area contributed by atoms with Crippen LogP contribution in [0.2, 0.25) is 0 Å². The van der Waals surface area contributed by atoms with Crippen LogP contribution < -0.4 is 4.90 Å². The molecule has 1 aliphatic heterocycles. The Bertz CT molecular complexity index is 1090. The van der Waals surface area contributed by atoms with E-state index in [2.05, 4.69) is 89.0 Å². The van der Waals surface area contributed by atoms with Gasteiger partial charge >= 0.3 is 0 Å². The zero-order chi connectivity index (χ0) is 22.3. The fraction of sp³-hybridized carbons (Fsp3) is 0.286. The second-order valence-corrected chi connectivity index (χ2v) is 8.59. The number of hydrogen-bond donors (Lipinski definition) is 0. The van der Waals surface area contributed by atoms with Crippen molar-refractivity contribution in [1.29, 1.82) is 5.26 Å². The summed E-state index contributed by atoms with van der Waals surface area (Å²) in [5.41, 5.74) is 5.97. The fourth-order valence-corrected chi connectivity index (χ4v) is 4.44. The fourth-order valence-electron chi connectivity index (χ4n) is 4.44. The minimum Gasteiger partial charge on any atom is -0.340 e. The molecule has 2 aromatic carbocycles. The second-order valence-electron chi connectivity index (χ2n) is 8.59. The first-order valence-corrected chi connectivity index (χ1v) is 11.3. The van der Waals surface area contributed by atoms with Gasteiger partial charge in [-0.2, -0.15) is 5.26 Å². The molecule has 0 radical (unpaired) electrons. The van der Waals surface area contributed by atoms with Crippen LogP contribution in [0.25, 0.3) is 5.70 Å². The van der Waals surface area contributed by atoms with Crippen LogP contribution in [0.5, 0.6) is 0 Å². The van der Waals surface area contributed by atoms with Crippen molar-refractivity contribution in [3.8, 4) is 6.07 Å². The molecule has 4 heteroatoms. The number of likely N-dealkylation sites (tertiary alicyclic amines) is 1. The predicted octanol–water partition coefficient (Wildman–Crippen LogP) is 5.65. The highest BCUT2D eigenvalue weighted by atomic mass is 15.2. The van der Waals surface area contributed by atoms with Gasteiger partial charge in [-0.25, -0.2) is 0 Å². The lowest BCUT2D eigenvalue weighted by Crippen LogP contribution is -2.38. The number of benzene rings is 2. The minimum absolute atomic E-state index is 0.581. The Kier molecular flexibility index (Phi) is 6.99. The van der Waals surface area contributed by atoms with Gasteiger partial charge in [-0.15, -0.1) is 0 Å². The summed E-state index contributed by atoms with van der Waals surface area (Å²) in [6, 6.07) is 24.9. The summed E-state index contributed by atoms with van der Waals surface area (Å²) in [7, 11) is 0. The summed E-state index contributed by atoms with van der Waals surface area (Å²) in [4.78, 5) is 9.37. The van der Waals surface area contributed by atoms with Crippen LogP contribution in [0.3, 0.4) is 0 Å². The molecule has 0 aliphatic carbocycles. The van der Waals surface area contributed by atoms with Crippen molar-refractivity contribution in [2.75, 3.05) is 24.5 Å². The van der Waals surface area contributed by atoms with Crippen LogP contribution in [0, 0.1) is 24.2 Å². The van der Waals surface area contributed by atoms with Crippen molar-refractivity contribution >= 4 is 11.4 Å². The van der Waals surface area contributed by atoms with Gasteiger partial charge in [0.2, 0.25) is 0 Å². The number of nitriles is 1. The molecule has 0 N–H and O–H groups in total. The standard InChI is InChI=1S/C28H30N4/c1-22-8-6-7-11-28(22)32(23(2)27-18-26(19-29)12-15-30-27)21-25-13-16-31(17-14-25)20-24-9-4-3-5-10-24/h3-12,15,18,25H,2,13-14,16-17,20-21H2,1H3. The third-order valence-corrected chi connectivity index (χ3v) is 6.31. The first kappa shape index (κ1) is 21.8. The Morgan fingerprint density at radius 3 is 2.53 bits per heavy atom. The van der Waals surface area contributed by atoms with E-state index in [9.17, 15) is 5.26 Å². The minimum atomic E-state index is 0.581. The monoisotopic (exact) mass is 422 g/mol. The van der Waals surface area contributed by atoms with E-state index in [1.807, 2.05) is 6.07 Å². The van der Waals surface area contributed by atoms with Gasteiger partial charge in [0.05, 0.1) is 23.0 Å². The number of aromatic nitrogens is 1. The molecular formula is C28H30N4. The van der Waals surface area contributed by atoms with Crippen molar-refractivity contribution in [2.45, 2.75) is 26.3 Å². The maximum absolute atomic E-state index is 9.31. The quantitative estimate of drug-likeness (QED) is 0.493. The predicted molar refractivity (Wildman–Crippen MR) is 131 cm³/mol. The van der Waals surface area contributed by atoms with E-state index >= 15 is 0 Å². The van der Waals surface area contributed by atoms with Gasteiger partial charge in [-0.3, -0.25) is 9.88 Å². The molecule has 4 nitrogen and oxygen atoms in total. The van der Waals surface area contributed by atoms with Crippen molar-refractivity contribution in [3.63, 3.8) is 0 Å². The SMILES string of the molecule is C=C(c1cc(C#N)ccn1)N(CC1CCN(Cc2ccccc2)CC1)c1ccccc1C. The van der Waals surface area contributed by atoms with E-state index in [0.717, 1.165) is 56.1 Å². The van der Waals surface area contributed by atoms with Crippen LogP contribution in [0.4, 0.5) is 5.69 Å². The summed E-state index contributed by atoms with van der Waals surface area (Å²) in [5, 5.41) is 9.31. The van der Waals surface area contributed by atoms with Gasteiger partial charge in [0.1, 0.15) is 0 Å². The maximum atomic E-state index is 9.31. The second kappa shape index (κ2) is 10.3. The normalized spacial score (nSPS) is 14.6. The van der Waals surface area contributed by atoms with Gasteiger partial charge in [-0.05, 0) is 68.1 Å². The van der Waals surface area contributed by atoms with E-state index in [-0.39, 0.29) is 0 Å². The molecule has 1 fully saturated rings. The van der Waals surface area contributed by atoms with Gasteiger partial charge in [0.25, 0.3) is 0 Å². The number of rotatable bonds is 7. The lowest BCUT2D eigenvalue weighted by atomic mass is 9.94. The molecule has 1 aliphatic rings. The highest BCUT2D eigenvalue weighted by Crippen LogP contribution is 2.31. The summed E-state index contributed by atoms with van der Waals surface area (Å²) in [5.74, 6) is 0.581. The van der Waals surface area contributed by atoms with Crippen molar-refractivity contribution < 1.29 is 0 Å². The van der Waals surface area contributed by atoms with Crippen LogP contribution in [-0.4, -0.2) is 29.5 Å². The number of aryl methyl sites for hydroxylation is 1. The Labute approximate surface area is 191 Å². The average Bonchev–Trinajstić information content (AvgIpc) is 2.84. The molecule has 1 aromatic heterocycles. The third kappa shape index (κ3) is 5.25. The smallest absolute Gasteiger partial charge is 0.0992 e. The summed E-state index contributed by atoms with van der Waals surface area (Å²) in [6.07, 6.45) is 4.01. The molecule has 0 atom stereocenters. The largest absolute Gasteiger partial charge is 0.340 e. The van der Waals surface area contributed by atoms with Crippen LogP contribution in [0.1, 0.15) is 35.2 Å². The lowest BCUT2D eigenvalue weighted by molar-refractivity contribution is 0.180. The van der Waals surface area contributed by atoms with Gasteiger partial charge in [0, 0.05) is 25.0 Å². The van der Waals surface area contributed by atoms with Crippen molar-refractivity contribution in [2.24, 2.45) is 5.92 Å². The Morgan fingerprint density at radius 2 is 1.81 bits per heavy atom. The number of nitrogens with zero attached hydrogens (tertiary/aromatic N) is 4. The van der Waals surface area contributed by atoms with E-state index in [4.69, 9.17) is 0 Å². The molecule has 1 saturated heterocycles. The zero-order valence-electron chi connectivity index (χ0n) is 18.7. The first-order valence-electron chi connectivity index (χ1n) is 11.3. The molecule has 0 amide bonds. The Hall–Kier alpha value is -3.42. The number of hydrogen-bond acceptors (Lipinski definition) is 4. The van der Waals surface area contributed by atoms with Gasteiger partial charge in [-0.1, -0.05) is 55.1 Å². The van der Waals surface area contributed by atoms with Crippen molar-refractivity contribution in [1.82, 2.24) is 9.88 Å². The number of anilines is 1. The maximum Gasteiger partial charge on any atom is 0.0992 e. The highest BCUT2D eigenvalue weighted by molar-refractivity contribution is 5.78. The highest BCUT2D eigenvalue weighted by Gasteiger charge is 2.24. The van der Waals surface area contributed by atoms with E-state index in [0.29, 0.717) is 11.5 Å². The van der Waals surface area contributed by atoms with Gasteiger partial charge < -0.3 is 4.90 Å². The van der Waals surface area contributed by atoms with E-state index < -0.39 is 0 Å². The summed E-state index contributed by atoms with van der Waals surface area (Å²) < 4.78 is 0. The van der Waals surface area contributed by atoms with Crippen LogP contribution in [-0.2, 0) is 6.54 Å². The third-order valence-electron chi connectivity index (χ3n) is 6.31. The molecule has 0 saturated carbocycles.